The van der Waals surface area contributed by atoms with Gasteiger partial charge >= 0.3 is 6.01 Å². The van der Waals surface area contributed by atoms with Crippen molar-refractivity contribution < 1.29 is 19.0 Å². The Labute approximate surface area is 214 Å². The number of anilines is 2. The number of hydrogen-bond acceptors (Lipinski definition) is 8. The molecule has 1 N–H and O–H groups in total. The van der Waals surface area contributed by atoms with Crippen LogP contribution in [0.15, 0.2) is 48.8 Å². The number of benzene rings is 2. The number of carbonyl (C=O) groups is 1. The van der Waals surface area contributed by atoms with Crippen molar-refractivity contribution >= 4 is 28.2 Å². The molecule has 10 heteroatoms. The molecule has 5 rings (SSSR count). The molecule has 9 nitrogen and oxygen atoms in total. The molecule has 1 saturated heterocycles. The summed E-state index contributed by atoms with van der Waals surface area (Å²) < 4.78 is 19.0. The van der Waals surface area contributed by atoms with Crippen LogP contribution >= 0.6 is 0 Å². The number of halogens is 1. The number of carbonyl (C=O) groups excluding carboxylic acids is 1. The molecule has 1 amide bonds. The van der Waals surface area contributed by atoms with Crippen LogP contribution in [-0.2, 0) is 17.8 Å². The Kier molecular flexibility index (Phi) is 6.53. The maximum Gasteiger partial charge on any atom is 0.318 e. The molecule has 190 valence electrons. The molecular formula is C27H27FN6O3. The summed E-state index contributed by atoms with van der Waals surface area (Å²) in [5.41, 5.74) is 2.72. The molecule has 2 aliphatic rings. The summed E-state index contributed by atoms with van der Waals surface area (Å²) in [4.78, 5) is 27.2. The van der Waals surface area contributed by atoms with Gasteiger partial charge in [0.25, 0.3) is 5.91 Å². The minimum absolute atomic E-state index is 0.0677. The Balaban J connectivity index is 1.48. The first-order chi connectivity index (χ1) is 17.9. The summed E-state index contributed by atoms with van der Waals surface area (Å²) in [7, 11) is 1.51. The van der Waals surface area contributed by atoms with Gasteiger partial charge in [0.2, 0.25) is 0 Å². The third kappa shape index (κ3) is 4.60. The number of piperazine rings is 1. The van der Waals surface area contributed by atoms with Gasteiger partial charge in [0.1, 0.15) is 11.6 Å². The van der Waals surface area contributed by atoms with E-state index in [1.807, 2.05) is 29.2 Å². The summed E-state index contributed by atoms with van der Waals surface area (Å²) in [6.07, 6.45) is 0.722. The summed E-state index contributed by atoms with van der Waals surface area (Å²) in [6, 6.07) is 13.3. The zero-order valence-electron chi connectivity index (χ0n) is 20.5. The first-order valence-electron chi connectivity index (χ1n) is 12.1. The van der Waals surface area contributed by atoms with E-state index in [-0.39, 0.29) is 24.7 Å². The Morgan fingerprint density at radius 2 is 2.05 bits per heavy atom. The van der Waals surface area contributed by atoms with E-state index in [0.717, 1.165) is 27.7 Å². The third-order valence-corrected chi connectivity index (χ3v) is 6.97. The van der Waals surface area contributed by atoms with E-state index >= 15 is 0 Å². The van der Waals surface area contributed by atoms with Crippen LogP contribution in [0.25, 0.3) is 10.8 Å². The number of amides is 1. The van der Waals surface area contributed by atoms with Gasteiger partial charge in [0, 0.05) is 48.9 Å². The van der Waals surface area contributed by atoms with Crippen molar-refractivity contribution in [3.05, 3.63) is 60.1 Å². The van der Waals surface area contributed by atoms with Crippen LogP contribution in [0.5, 0.6) is 11.8 Å². The van der Waals surface area contributed by atoms with Crippen LogP contribution in [0.1, 0.15) is 17.7 Å². The zero-order chi connectivity index (χ0) is 26.1. The molecule has 0 radical (unpaired) electrons. The quantitative estimate of drug-likeness (QED) is 0.530. The maximum absolute atomic E-state index is 13.6. The van der Waals surface area contributed by atoms with Crippen LogP contribution in [0.2, 0.25) is 0 Å². The Hall–Kier alpha value is -4.39. The normalized spacial score (nSPS) is 17.3. The Bertz CT molecular complexity index is 1420. The highest BCUT2D eigenvalue weighted by atomic mass is 19.1. The molecule has 0 unspecified atom stereocenters. The number of aromatic hydroxyl groups is 1. The molecule has 0 aliphatic carbocycles. The minimum atomic E-state index is -1.03. The highest BCUT2D eigenvalue weighted by molar-refractivity contribution is 5.95. The van der Waals surface area contributed by atoms with Crippen LogP contribution in [0.4, 0.5) is 15.9 Å². The molecule has 3 aromatic rings. The third-order valence-electron chi connectivity index (χ3n) is 6.97. The highest BCUT2D eigenvalue weighted by Gasteiger charge is 2.34. The summed E-state index contributed by atoms with van der Waals surface area (Å²) in [5.74, 6) is -0.906. The van der Waals surface area contributed by atoms with Crippen molar-refractivity contribution in [2.24, 2.45) is 0 Å². The van der Waals surface area contributed by atoms with E-state index in [2.05, 4.69) is 27.5 Å². The maximum atomic E-state index is 13.6. The van der Waals surface area contributed by atoms with Gasteiger partial charge in [-0.1, -0.05) is 30.8 Å². The predicted octanol–water partition coefficient (Wildman–Crippen LogP) is 3.32. The fourth-order valence-corrected chi connectivity index (χ4v) is 5.23. The molecule has 0 spiro atoms. The largest absolute Gasteiger partial charge is 0.508 e. The molecule has 1 fully saturated rings. The predicted molar refractivity (Wildman–Crippen MR) is 137 cm³/mol. The molecule has 2 aromatic carbocycles. The van der Waals surface area contributed by atoms with Crippen molar-refractivity contribution in [1.29, 1.82) is 5.26 Å². The fourth-order valence-electron chi connectivity index (χ4n) is 5.23. The summed E-state index contributed by atoms with van der Waals surface area (Å²) >= 11 is 0. The topological polar surface area (TPSA) is 106 Å². The van der Waals surface area contributed by atoms with Gasteiger partial charge in [-0.25, -0.2) is 4.39 Å². The first kappa shape index (κ1) is 24.3. The monoisotopic (exact) mass is 502 g/mol. The molecule has 3 heterocycles. The lowest BCUT2D eigenvalue weighted by molar-refractivity contribution is -0.131. The van der Waals surface area contributed by atoms with Gasteiger partial charge in [0.05, 0.1) is 37.9 Å². The lowest BCUT2D eigenvalue weighted by Crippen LogP contribution is -2.55. The lowest BCUT2D eigenvalue weighted by atomic mass is 10.0. The van der Waals surface area contributed by atoms with Crippen LogP contribution in [-0.4, -0.2) is 65.2 Å². The van der Waals surface area contributed by atoms with E-state index in [1.165, 1.54) is 12.0 Å². The number of ether oxygens (including phenoxy) is 1. The second kappa shape index (κ2) is 9.93. The smallest absolute Gasteiger partial charge is 0.318 e. The molecule has 1 atom stereocenters. The molecule has 2 aliphatic heterocycles. The van der Waals surface area contributed by atoms with E-state index in [1.54, 1.807) is 12.1 Å². The van der Waals surface area contributed by atoms with E-state index < -0.39 is 17.8 Å². The lowest BCUT2D eigenvalue weighted by Gasteiger charge is -2.42. The molecule has 0 saturated carbocycles. The van der Waals surface area contributed by atoms with Gasteiger partial charge < -0.3 is 24.5 Å². The van der Waals surface area contributed by atoms with Crippen LogP contribution in [0.3, 0.4) is 0 Å². The second-order valence-corrected chi connectivity index (χ2v) is 9.18. The number of hydrogen-bond donors (Lipinski definition) is 1. The van der Waals surface area contributed by atoms with Crippen LogP contribution < -0.4 is 14.5 Å². The Morgan fingerprint density at radius 1 is 1.24 bits per heavy atom. The van der Waals surface area contributed by atoms with E-state index in [0.29, 0.717) is 38.4 Å². The number of nitriles is 1. The van der Waals surface area contributed by atoms with E-state index in [4.69, 9.17) is 4.74 Å². The molecule has 1 aromatic heterocycles. The minimum Gasteiger partial charge on any atom is -0.508 e. The number of phenols is 1. The number of phenolic OH excluding ortho intramolecular Hbond substituents is 1. The summed E-state index contributed by atoms with van der Waals surface area (Å²) in [5, 5.41) is 21.7. The van der Waals surface area contributed by atoms with Gasteiger partial charge in [-0.3, -0.25) is 4.79 Å². The van der Waals surface area contributed by atoms with Crippen molar-refractivity contribution in [2.45, 2.75) is 25.4 Å². The second-order valence-electron chi connectivity index (χ2n) is 9.18. The van der Waals surface area contributed by atoms with E-state index in [9.17, 15) is 19.6 Å². The van der Waals surface area contributed by atoms with Crippen molar-refractivity contribution in [3.63, 3.8) is 0 Å². The molecular weight excluding hydrogens is 475 g/mol. The first-order valence-corrected chi connectivity index (χ1v) is 12.1. The molecule has 37 heavy (non-hydrogen) atoms. The highest BCUT2D eigenvalue weighted by Crippen LogP contribution is 2.36. The van der Waals surface area contributed by atoms with Crippen molar-refractivity contribution in [2.75, 3.05) is 43.1 Å². The Morgan fingerprint density at radius 3 is 2.81 bits per heavy atom. The number of fused-ring (bicyclic) bond motifs is 2. The number of methoxy groups -OCH3 is 1. The van der Waals surface area contributed by atoms with Gasteiger partial charge in [-0.15, -0.1) is 0 Å². The average Bonchev–Trinajstić information content (AvgIpc) is 2.91. The van der Waals surface area contributed by atoms with Crippen molar-refractivity contribution in [1.82, 2.24) is 14.9 Å². The van der Waals surface area contributed by atoms with Crippen molar-refractivity contribution in [3.8, 4) is 17.8 Å². The summed E-state index contributed by atoms with van der Waals surface area (Å²) in [6.45, 7) is 5.31. The standard InChI is InChI=1S/C27H27FN6O3/c1-17(28)26(36)34-12-11-33(15-19(34)7-9-29)25-22-8-10-32(16-23(22)30-27(31-25)37-2)24-14-20(35)13-18-5-3-4-6-21(18)24/h3-6,13-14,19,35H,1,7-8,10-12,15-16H2,2H3/t19-/m0/s1. The average molecular weight is 503 g/mol. The zero-order valence-corrected chi connectivity index (χ0v) is 20.5. The van der Waals surface area contributed by atoms with Crippen LogP contribution in [0, 0.1) is 11.3 Å². The van der Waals surface area contributed by atoms with Gasteiger partial charge in [-0.2, -0.15) is 15.2 Å². The number of rotatable bonds is 5. The van der Waals surface area contributed by atoms with Gasteiger partial charge in [-0.05, 0) is 17.9 Å². The van der Waals surface area contributed by atoms with Gasteiger partial charge in [0.15, 0.2) is 5.83 Å². The fraction of sp³-hybridized carbons (Fsp3) is 0.333. The number of nitrogens with zero attached hydrogens (tertiary/aromatic N) is 6. The molecule has 0 bridgehead atoms. The number of aromatic nitrogens is 2. The SMILES string of the molecule is C=C(F)C(=O)N1CCN(c2nc(OC)nc3c2CCN(c2cc(O)cc4ccccc24)C3)C[C@@H]1CC#N.